The lowest BCUT2D eigenvalue weighted by molar-refractivity contribution is 0.0505. The van der Waals surface area contributed by atoms with Crippen molar-refractivity contribution in [3.63, 3.8) is 0 Å². The van der Waals surface area contributed by atoms with E-state index in [1.165, 1.54) is 0 Å². The summed E-state index contributed by atoms with van der Waals surface area (Å²) in [4.78, 5) is 15.5. The van der Waals surface area contributed by atoms with Crippen molar-refractivity contribution >= 4 is 17.5 Å². The molecule has 5 rings (SSSR count). The van der Waals surface area contributed by atoms with Crippen molar-refractivity contribution in [2.24, 2.45) is 0 Å². The van der Waals surface area contributed by atoms with E-state index in [-0.39, 0.29) is 12.0 Å². The molecule has 0 unspecified atom stereocenters. The maximum atomic E-state index is 13.7. The van der Waals surface area contributed by atoms with Crippen LogP contribution in [-0.2, 0) is 11.3 Å². The highest BCUT2D eigenvalue weighted by Gasteiger charge is 2.28. The second-order valence-corrected chi connectivity index (χ2v) is 9.80. The van der Waals surface area contributed by atoms with E-state index in [9.17, 15) is 4.79 Å². The first-order chi connectivity index (χ1) is 18.0. The third kappa shape index (κ3) is 5.87. The Morgan fingerprint density at radius 2 is 1.86 bits per heavy atom. The van der Waals surface area contributed by atoms with Crippen molar-refractivity contribution in [2.75, 3.05) is 13.2 Å². The molecule has 0 N–H and O–H groups in total. The quantitative estimate of drug-likeness (QED) is 0.260. The zero-order valence-corrected chi connectivity index (χ0v) is 21.8. The van der Waals surface area contributed by atoms with Crippen LogP contribution in [0.3, 0.4) is 0 Å². The summed E-state index contributed by atoms with van der Waals surface area (Å²) in [7, 11) is 0. The molecule has 0 aliphatic carbocycles. The molecular weight excluding hydrogens is 486 g/mol. The maximum absolute atomic E-state index is 13.7. The Bertz CT molecular complexity index is 1360. The topological polar surface area (TPSA) is 56.6 Å². The molecule has 7 heteroatoms. The summed E-state index contributed by atoms with van der Waals surface area (Å²) < 4.78 is 14.2. The standard InChI is InChI=1S/C30H30ClN3O3/c1-21-8-6-11-26(18-21)37-30-28(22(2)32-34(30)25-9-4-3-5-10-25)20-33(19-27-12-7-17-36-27)29(35)23-13-15-24(31)16-14-23/h3-6,8-11,13-16,18,27H,7,12,17,19-20H2,1-2H3/t27-/m0/s1. The van der Waals surface area contributed by atoms with Crippen LogP contribution in [-0.4, -0.2) is 39.8 Å². The van der Waals surface area contributed by atoms with E-state index >= 15 is 0 Å². The number of ether oxygens (including phenoxy) is 2. The van der Waals surface area contributed by atoms with E-state index in [4.69, 9.17) is 26.2 Å². The molecule has 0 spiro atoms. The highest BCUT2D eigenvalue weighted by molar-refractivity contribution is 6.30. The first kappa shape index (κ1) is 25.1. The van der Waals surface area contributed by atoms with Crippen molar-refractivity contribution in [2.45, 2.75) is 39.3 Å². The average Bonchev–Trinajstić information content (AvgIpc) is 3.52. The van der Waals surface area contributed by atoms with Gasteiger partial charge < -0.3 is 14.4 Å². The van der Waals surface area contributed by atoms with Crippen LogP contribution < -0.4 is 4.74 Å². The van der Waals surface area contributed by atoms with Gasteiger partial charge in [-0.1, -0.05) is 41.9 Å². The summed E-state index contributed by atoms with van der Waals surface area (Å²) >= 11 is 6.08. The van der Waals surface area contributed by atoms with Crippen LogP contribution in [0.2, 0.25) is 5.02 Å². The normalized spacial score (nSPS) is 15.1. The number of hydrogen-bond donors (Lipinski definition) is 0. The lowest BCUT2D eigenvalue weighted by Crippen LogP contribution is -2.37. The fraction of sp³-hybridized carbons (Fsp3) is 0.267. The van der Waals surface area contributed by atoms with E-state index in [0.717, 1.165) is 42.0 Å². The molecule has 2 heterocycles. The summed E-state index contributed by atoms with van der Waals surface area (Å²) in [6.07, 6.45) is 1.93. The van der Waals surface area contributed by atoms with Crippen LogP contribution in [0.4, 0.5) is 0 Å². The summed E-state index contributed by atoms with van der Waals surface area (Å²) in [6.45, 7) is 5.53. The first-order valence-corrected chi connectivity index (χ1v) is 12.9. The molecule has 1 saturated heterocycles. The molecule has 1 fully saturated rings. The zero-order chi connectivity index (χ0) is 25.8. The average molecular weight is 516 g/mol. The Morgan fingerprint density at radius 3 is 2.57 bits per heavy atom. The fourth-order valence-electron chi connectivity index (χ4n) is 4.58. The molecule has 190 valence electrons. The first-order valence-electron chi connectivity index (χ1n) is 12.5. The molecule has 0 radical (unpaired) electrons. The highest BCUT2D eigenvalue weighted by atomic mass is 35.5. The van der Waals surface area contributed by atoms with Gasteiger partial charge in [-0.25, -0.2) is 4.68 Å². The fourth-order valence-corrected chi connectivity index (χ4v) is 4.71. The van der Waals surface area contributed by atoms with Crippen LogP contribution in [0.15, 0.2) is 78.9 Å². The molecule has 0 bridgehead atoms. The van der Waals surface area contributed by atoms with Crippen molar-refractivity contribution in [3.05, 3.63) is 106 Å². The van der Waals surface area contributed by atoms with Crippen molar-refractivity contribution < 1.29 is 14.3 Å². The molecular formula is C30H30ClN3O3. The number of nitrogens with zero attached hydrogens (tertiary/aromatic N) is 3. The molecule has 1 atom stereocenters. The number of halogens is 1. The number of para-hydroxylation sites is 1. The SMILES string of the molecule is Cc1cccc(Oc2c(CN(C[C@@H]3CCCO3)C(=O)c3ccc(Cl)cc3)c(C)nn2-c2ccccc2)c1. The molecule has 1 amide bonds. The molecule has 4 aromatic rings. The van der Waals surface area contributed by atoms with E-state index in [2.05, 4.69) is 0 Å². The number of rotatable bonds is 8. The third-order valence-electron chi connectivity index (χ3n) is 6.52. The number of carbonyl (C=O) groups excluding carboxylic acids is 1. The Hall–Kier alpha value is -3.61. The van der Waals surface area contributed by atoms with Crippen molar-refractivity contribution in [1.29, 1.82) is 0 Å². The monoisotopic (exact) mass is 515 g/mol. The third-order valence-corrected chi connectivity index (χ3v) is 6.77. The summed E-state index contributed by atoms with van der Waals surface area (Å²) in [6, 6.07) is 24.8. The molecule has 3 aromatic carbocycles. The second kappa shape index (κ2) is 11.2. The number of carbonyl (C=O) groups is 1. The summed E-state index contributed by atoms with van der Waals surface area (Å²) in [5.41, 5.74) is 4.21. The van der Waals surface area contributed by atoms with E-state index in [0.29, 0.717) is 35.3 Å². The van der Waals surface area contributed by atoms with Gasteiger partial charge in [-0.3, -0.25) is 4.79 Å². The van der Waals surface area contributed by atoms with Gasteiger partial charge in [0.05, 0.1) is 29.6 Å². The van der Waals surface area contributed by atoms with Crippen LogP contribution >= 0.6 is 11.6 Å². The molecule has 37 heavy (non-hydrogen) atoms. The predicted molar refractivity (Wildman–Crippen MR) is 145 cm³/mol. The molecule has 1 aromatic heterocycles. The molecule has 1 aliphatic rings. The lowest BCUT2D eigenvalue weighted by Gasteiger charge is -2.26. The zero-order valence-electron chi connectivity index (χ0n) is 21.1. The van der Waals surface area contributed by atoms with Crippen LogP contribution in [0.1, 0.15) is 40.0 Å². The number of aromatic nitrogens is 2. The summed E-state index contributed by atoms with van der Waals surface area (Å²) in [5.74, 6) is 1.23. The smallest absolute Gasteiger partial charge is 0.254 e. The van der Waals surface area contributed by atoms with E-state index in [1.807, 2.05) is 78.0 Å². The minimum Gasteiger partial charge on any atom is -0.439 e. The Balaban J connectivity index is 1.54. The Morgan fingerprint density at radius 1 is 1.08 bits per heavy atom. The lowest BCUT2D eigenvalue weighted by atomic mass is 10.1. The Labute approximate surface area is 222 Å². The Kier molecular flexibility index (Phi) is 7.58. The minimum atomic E-state index is -0.0828. The number of aryl methyl sites for hydroxylation is 2. The van der Waals surface area contributed by atoms with Gasteiger partial charge >= 0.3 is 0 Å². The van der Waals surface area contributed by atoms with E-state index < -0.39 is 0 Å². The second-order valence-electron chi connectivity index (χ2n) is 9.36. The van der Waals surface area contributed by atoms with Gasteiger partial charge in [-0.05, 0) is 80.8 Å². The largest absolute Gasteiger partial charge is 0.439 e. The van der Waals surface area contributed by atoms with Gasteiger partial charge in [0.25, 0.3) is 5.91 Å². The molecule has 0 saturated carbocycles. The highest BCUT2D eigenvalue weighted by Crippen LogP contribution is 2.32. The van der Waals surface area contributed by atoms with Gasteiger partial charge in [0.15, 0.2) is 0 Å². The molecule has 1 aliphatic heterocycles. The number of hydrogen-bond acceptors (Lipinski definition) is 4. The van der Waals surface area contributed by atoms with Gasteiger partial charge in [0.2, 0.25) is 5.88 Å². The number of benzene rings is 3. The predicted octanol–water partition coefficient (Wildman–Crippen LogP) is 6.76. The number of amides is 1. The van der Waals surface area contributed by atoms with Gasteiger partial charge in [0.1, 0.15) is 5.75 Å². The van der Waals surface area contributed by atoms with Crippen LogP contribution in [0.5, 0.6) is 11.6 Å². The van der Waals surface area contributed by atoms with Gasteiger partial charge in [-0.15, -0.1) is 0 Å². The van der Waals surface area contributed by atoms with E-state index in [1.54, 1.807) is 24.3 Å². The minimum absolute atomic E-state index is 0.00173. The van der Waals surface area contributed by atoms with Crippen LogP contribution in [0.25, 0.3) is 5.69 Å². The van der Waals surface area contributed by atoms with Gasteiger partial charge in [-0.2, -0.15) is 5.10 Å². The summed E-state index contributed by atoms with van der Waals surface area (Å²) in [5, 5.41) is 5.43. The molecule has 6 nitrogen and oxygen atoms in total. The van der Waals surface area contributed by atoms with Gasteiger partial charge in [0, 0.05) is 23.7 Å². The van der Waals surface area contributed by atoms with Crippen molar-refractivity contribution in [3.8, 4) is 17.3 Å². The van der Waals surface area contributed by atoms with Crippen LogP contribution in [0, 0.1) is 13.8 Å². The van der Waals surface area contributed by atoms with Crippen molar-refractivity contribution in [1.82, 2.24) is 14.7 Å². The maximum Gasteiger partial charge on any atom is 0.254 e.